The van der Waals surface area contributed by atoms with Gasteiger partial charge in [0.2, 0.25) is 0 Å². The highest BCUT2D eigenvalue weighted by atomic mass is 16.6. The molecule has 0 fully saturated rings. The van der Waals surface area contributed by atoms with Crippen molar-refractivity contribution in [2.75, 3.05) is 7.11 Å². The number of rotatable bonds is 4. The van der Waals surface area contributed by atoms with Gasteiger partial charge in [0, 0.05) is 17.6 Å². The predicted molar refractivity (Wildman–Crippen MR) is 106 cm³/mol. The highest BCUT2D eigenvalue weighted by molar-refractivity contribution is 5.87. The molecule has 0 saturated carbocycles. The molecule has 4 heteroatoms. The van der Waals surface area contributed by atoms with Crippen LogP contribution in [0.3, 0.4) is 0 Å². The van der Waals surface area contributed by atoms with E-state index in [9.17, 15) is 4.79 Å². The largest absolute Gasteiger partial charge is 0.497 e. The van der Waals surface area contributed by atoms with Crippen molar-refractivity contribution in [3.8, 4) is 11.5 Å². The van der Waals surface area contributed by atoms with Gasteiger partial charge >= 0.3 is 5.97 Å². The molecule has 27 heavy (non-hydrogen) atoms. The Balaban J connectivity index is 1.75. The Morgan fingerprint density at radius 3 is 2.44 bits per heavy atom. The molecule has 0 radical (unpaired) electrons. The number of fused-ring (bicyclic) bond motifs is 1. The summed E-state index contributed by atoms with van der Waals surface area (Å²) >= 11 is 0. The normalized spacial score (nSPS) is 18.9. The van der Waals surface area contributed by atoms with Crippen LogP contribution in [-0.2, 0) is 9.53 Å². The lowest BCUT2D eigenvalue weighted by molar-refractivity contribution is -0.148. The van der Waals surface area contributed by atoms with E-state index >= 15 is 0 Å². The number of methoxy groups -OCH3 is 1. The smallest absolute Gasteiger partial charge is 0.331 e. The number of carbonyl (C=O) groups is 1. The zero-order valence-electron chi connectivity index (χ0n) is 16.5. The standard InChI is InChI=1S/C23H26O4/c1-15-19-14-16(7-13-21(24)27-23(2,3)4)6-12-20(19)26-22(15)17-8-10-18(25-5)11-9-17/h6-15,22H,1-5H3/b13-7+/t15-,22-/m1/s1. The van der Waals surface area contributed by atoms with E-state index in [-0.39, 0.29) is 18.0 Å². The van der Waals surface area contributed by atoms with Crippen LogP contribution in [0.25, 0.3) is 6.08 Å². The van der Waals surface area contributed by atoms with Crippen molar-refractivity contribution < 1.29 is 19.0 Å². The second kappa shape index (κ2) is 7.47. The molecular weight excluding hydrogens is 340 g/mol. The van der Waals surface area contributed by atoms with E-state index in [2.05, 4.69) is 13.0 Å². The van der Waals surface area contributed by atoms with Gasteiger partial charge in [-0.25, -0.2) is 4.79 Å². The molecule has 0 N–H and O–H groups in total. The van der Waals surface area contributed by atoms with E-state index in [1.54, 1.807) is 13.2 Å². The molecule has 4 nitrogen and oxygen atoms in total. The van der Waals surface area contributed by atoms with Crippen LogP contribution in [0.4, 0.5) is 0 Å². The van der Waals surface area contributed by atoms with Crippen LogP contribution in [0.15, 0.2) is 48.5 Å². The molecule has 0 aromatic heterocycles. The Morgan fingerprint density at radius 2 is 1.81 bits per heavy atom. The number of hydrogen-bond acceptors (Lipinski definition) is 4. The summed E-state index contributed by atoms with van der Waals surface area (Å²) in [6, 6.07) is 14.0. The van der Waals surface area contributed by atoms with Crippen molar-refractivity contribution >= 4 is 12.0 Å². The fourth-order valence-corrected chi connectivity index (χ4v) is 3.19. The zero-order valence-corrected chi connectivity index (χ0v) is 16.5. The maximum atomic E-state index is 11.9. The first-order valence-corrected chi connectivity index (χ1v) is 9.12. The summed E-state index contributed by atoms with van der Waals surface area (Å²) in [5.74, 6) is 1.58. The number of esters is 1. The second-order valence-corrected chi connectivity index (χ2v) is 7.76. The molecule has 2 aromatic carbocycles. The lowest BCUT2D eigenvalue weighted by atomic mass is 9.92. The fraction of sp³-hybridized carbons (Fsp3) is 0.348. The molecular formula is C23H26O4. The Bertz CT molecular complexity index is 844. The van der Waals surface area contributed by atoms with Crippen molar-refractivity contribution in [1.29, 1.82) is 0 Å². The van der Waals surface area contributed by atoms with E-state index in [0.717, 1.165) is 28.2 Å². The average molecular weight is 366 g/mol. The summed E-state index contributed by atoms with van der Waals surface area (Å²) in [7, 11) is 1.66. The second-order valence-electron chi connectivity index (χ2n) is 7.76. The van der Waals surface area contributed by atoms with Crippen LogP contribution in [0.5, 0.6) is 11.5 Å². The lowest BCUT2D eigenvalue weighted by Gasteiger charge is -2.17. The molecule has 1 heterocycles. The van der Waals surface area contributed by atoms with Gasteiger partial charge in [0.25, 0.3) is 0 Å². The van der Waals surface area contributed by atoms with Crippen LogP contribution >= 0.6 is 0 Å². The van der Waals surface area contributed by atoms with Gasteiger partial charge in [-0.1, -0.05) is 25.1 Å². The van der Waals surface area contributed by atoms with Gasteiger partial charge < -0.3 is 14.2 Å². The molecule has 142 valence electrons. The van der Waals surface area contributed by atoms with Gasteiger partial charge in [-0.3, -0.25) is 0 Å². The summed E-state index contributed by atoms with van der Waals surface area (Å²) in [6.45, 7) is 7.72. The van der Waals surface area contributed by atoms with Crippen molar-refractivity contribution in [3.63, 3.8) is 0 Å². The minimum atomic E-state index is -0.493. The van der Waals surface area contributed by atoms with Crippen molar-refractivity contribution in [2.24, 2.45) is 0 Å². The molecule has 0 unspecified atom stereocenters. The number of carbonyl (C=O) groups excluding carboxylic acids is 1. The summed E-state index contributed by atoms with van der Waals surface area (Å²) < 4.78 is 16.7. The van der Waals surface area contributed by atoms with Crippen LogP contribution in [0.1, 0.15) is 56.4 Å². The van der Waals surface area contributed by atoms with Gasteiger partial charge in [0.15, 0.2) is 0 Å². The van der Waals surface area contributed by atoms with E-state index in [1.165, 1.54) is 6.08 Å². The molecule has 0 amide bonds. The van der Waals surface area contributed by atoms with Crippen LogP contribution < -0.4 is 9.47 Å². The Hall–Kier alpha value is -2.75. The number of hydrogen-bond donors (Lipinski definition) is 0. The third-order valence-corrected chi connectivity index (χ3v) is 4.50. The van der Waals surface area contributed by atoms with Crippen LogP contribution in [0, 0.1) is 0 Å². The average Bonchev–Trinajstić information content (AvgIpc) is 2.95. The van der Waals surface area contributed by atoms with Crippen LogP contribution in [-0.4, -0.2) is 18.7 Å². The van der Waals surface area contributed by atoms with E-state index in [4.69, 9.17) is 14.2 Å². The van der Waals surface area contributed by atoms with E-state index < -0.39 is 5.60 Å². The lowest BCUT2D eigenvalue weighted by Crippen LogP contribution is -2.22. The third kappa shape index (κ3) is 4.51. The van der Waals surface area contributed by atoms with E-state index in [0.29, 0.717) is 0 Å². The molecule has 3 rings (SSSR count). The third-order valence-electron chi connectivity index (χ3n) is 4.50. The van der Waals surface area contributed by atoms with Gasteiger partial charge in [-0.05, 0) is 62.2 Å². The molecule has 1 aliphatic rings. The highest BCUT2D eigenvalue weighted by Gasteiger charge is 2.32. The molecule has 2 aromatic rings. The first-order chi connectivity index (χ1) is 12.8. The van der Waals surface area contributed by atoms with Crippen LogP contribution in [0.2, 0.25) is 0 Å². The summed E-state index contributed by atoms with van der Waals surface area (Å²) in [6.07, 6.45) is 3.21. The molecule has 1 aliphatic heterocycles. The van der Waals surface area contributed by atoms with E-state index in [1.807, 2.05) is 57.2 Å². The maximum Gasteiger partial charge on any atom is 0.331 e. The zero-order chi connectivity index (χ0) is 19.6. The number of ether oxygens (including phenoxy) is 3. The predicted octanol–water partition coefficient (Wildman–Crippen LogP) is 5.29. The van der Waals surface area contributed by atoms with Crippen molar-refractivity contribution in [1.82, 2.24) is 0 Å². The topological polar surface area (TPSA) is 44.8 Å². The molecule has 0 saturated heterocycles. The first kappa shape index (κ1) is 19.0. The molecule has 0 spiro atoms. The molecule has 0 aliphatic carbocycles. The maximum absolute atomic E-state index is 11.9. The first-order valence-electron chi connectivity index (χ1n) is 9.12. The van der Waals surface area contributed by atoms with Crippen molar-refractivity contribution in [2.45, 2.75) is 45.3 Å². The quantitative estimate of drug-likeness (QED) is 0.545. The fourth-order valence-electron chi connectivity index (χ4n) is 3.19. The van der Waals surface area contributed by atoms with Gasteiger partial charge in [-0.2, -0.15) is 0 Å². The Kier molecular flexibility index (Phi) is 5.26. The molecule has 2 atom stereocenters. The monoisotopic (exact) mass is 366 g/mol. The van der Waals surface area contributed by atoms with Gasteiger partial charge in [0.1, 0.15) is 23.2 Å². The number of benzene rings is 2. The minimum absolute atomic E-state index is 0.0315. The summed E-state index contributed by atoms with van der Waals surface area (Å²) in [5.41, 5.74) is 2.71. The summed E-state index contributed by atoms with van der Waals surface area (Å²) in [4.78, 5) is 11.9. The SMILES string of the molecule is COc1ccc([C@@H]2Oc3ccc(/C=C/C(=O)OC(C)(C)C)cc3[C@H]2C)cc1. The van der Waals surface area contributed by atoms with Gasteiger partial charge in [0.05, 0.1) is 7.11 Å². The van der Waals surface area contributed by atoms with Gasteiger partial charge in [-0.15, -0.1) is 0 Å². The van der Waals surface area contributed by atoms with Crippen molar-refractivity contribution in [3.05, 3.63) is 65.2 Å². The summed E-state index contributed by atoms with van der Waals surface area (Å²) in [5, 5.41) is 0. The minimum Gasteiger partial charge on any atom is -0.497 e. The highest BCUT2D eigenvalue weighted by Crippen LogP contribution is 2.46. The Morgan fingerprint density at radius 1 is 1.11 bits per heavy atom. The molecule has 0 bridgehead atoms. The Labute approximate surface area is 160 Å².